The summed E-state index contributed by atoms with van der Waals surface area (Å²) in [6, 6.07) is 15.3. The maximum absolute atomic E-state index is 12.8. The molecule has 2 heterocycles. The monoisotopic (exact) mass is 397 g/mol. The number of aryl methyl sites for hydroxylation is 1. The van der Waals surface area contributed by atoms with Gasteiger partial charge in [-0.1, -0.05) is 41.9 Å². The normalized spacial score (nSPS) is 23.6. The molecule has 3 amide bonds. The molecule has 2 aromatic carbocycles. The first kappa shape index (κ1) is 18.8. The number of anilines is 1. The molecule has 6 heteroatoms. The summed E-state index contributed by atoms with van der Waals surface area (Å²) in [6.07, 6.45) is 0. The van der Waals surface area contributed by atoms with E-state index in [4.69, 9.17) is 11.6 Å². The van der Waals surface area contributed by atoms with E-state index in [0.29, 0.717) is 36.3 Å². The van der Waals surface area contributed by atoms with Gasteiger partial charge in [0, 0.05) is 49.1 Å². The van der Waals surface area contributed by atoms with E-state index in [1.165, 1.54) is 11.1 Å². The summed E-state index contributed by atoms with van der Waals surface area (Å²) in [5, 5.41) is 3.53. The molecule has 0 spiro atoms. The highest BCUT2D eigenvalue weighted by molar-refractivity contribution is 6.30. The number of halogens is 1. The Morgan fingerprint density at radius 1 is 1.07 bits per heavy atom. The summed E-state index contributed by atoms with van der Waals surface area (Å²) < 4.78 is 0. The van der Waals surface area contributed by atoms with Crippen molar-refractivity contribution >= 4 is 29.2 Å². The maximum Gasteiger partial charge on any atom is 0.321 e. The molecule has 4 rings (SSSR count). The van der Waals surface area contributed by atoms with Crippen molar-refractivity contribution in [1.82, 2.24) is 9.80 Å². The first-order valence-electron chi connectivity index (χ1n) is 9.58. The molecule has 0 aromatic heterocycles. The van der Waals surface area contributed by atoms with Gasteiger partial charge in [-0.3, -0.25) is 4.79 Å². The van der Waals surface area contributed by atoms with E-state index < -0.39 is 0 Å². The zero-order valence-corrected chi connectivity index (χ0v) is 16.8. The third-order valence-corrected chi connectivity index (χ3v) is 6.17. The van der Waals surface area contributed by atoms with Gasteiger partial charge in [0.2, 0.25) is 5.91 Å². The largest absolute Gasteiger partial charge is 0.335 e. The predicted molar refractivity (Wildman–Crippen MR) is 110 cm³/mol. The number of likely N-dealkylation sites (tertiary alicyclic amines) is 2. The number of rotatable bonds is 2. The number of nitrogens with one attached hydrogen (secondary N) is 1. The fraction of sp³-hybridized carbons (Fsp3) is 0.364. The minimum absolute atomic E-state index is 0.0210. The van der Waals surface area contributed by atoms with Crippen molar-refractivity contribution in [3.63, 3.8) is 0 Å². The molecular formula is C22H24ClN3O2. The molecule has 2 aromatic rings. The Hall–Kier alpha value is -2.53. The smallest absolute Gasteiger partial charge is 0.321 e. The molecule has 1 N–H and O–H groups in total. The Balaban J connectivity index is 1.54. The lowest BCUT2D eigenvalue weighted by molar-refractivity contribution is -0.130. The number of nitrogens with zero attached hydrogens (tertiary/aromatic N) is 2. The van der Waals surface area contributed by atoms with Gasteiger partial charge in [0.15, 0.2) is 0 Å². The van der Waals surface area contributed by atoms with E-state index in [1.54, 1.807) is 19.1 Å². The van der Waals surface area contributed by atoms with E-state index in [1.807, 2.05) is 34.1 Å². The van der Waals surface area contributed by atoms with Gasteiger partial charge in [-0.15, -0.1) is 0 Å². The Labute approximate surface area is 170 Å². The average Bonchev–Trinajstić information content (AvgIpc) is 3.20. The minimum Gasteiger partial charge on any atom is -0.335 e. The highest BCUT2D eigenvalue weighted by atomic mass is 35.5. The predicted octanol–water partition coefficient (Wildman–Crippen LogP) is 4.33. The van der Waals surface area contributed by atoms with Crippen molar-refractivity contribution in [2.45, 2.75) is 19.9 Å². The zero-order valence-electron chi connectivity index (χ0n) is 16.1. The Bertz CT molecular complexity index is 916. The third kappa shape index (κ3) is 3.47. The number of fused-ring (bicyclic) bond motifs is 1. The molecule has 2 aliphatic heterocycles. The van der Waals surface area contributed by atoms with Gasteiger partial charge < -0.3 is 15.1 Å². The second-order valence-electron chi connectivity index (χ2n) is 7.74. The Kier molecular flexibility index (Phi) is 5.02. The highest BCUT2D eigenvalue weighted by Gasteiger charge is 2.49. The van der Waals surface area contributed by atoms with Crippen LogP contribution in [-0.2, 0) is 4.79 Å². The number of hydrogen-bond acceptors (Lipinski definition) is 2. The van der Waals surface area contributed by atoms with Crippen LogP contribution in [0.25, 0.3) is 0 Å². The number of benzene rings is 2. The van der Waals surface area contributed by atoms with Crippen molar-refractivity contribution in [2.75, 3.05) is 25.0 Å². The van der Waals surface area contributed by atoms with Crippen LogP contribution < -0.4 is 5.32 Å². The molecule has 2 fully saturated rings. The molecule has 0 aliphatic carbocycles. The first-order chi connectivity index (χ1) is 13.4. The van der Waals surface area contributed by atoms with Crippen molar-refractivity contribution < 1.29 is 9.59 Å². The van der Waals surface area contributed by atoms with Crippen LogP contribution in [0.5, 0.6) is 0 Å². The Morgan fingerprint density at radius 2 is 1.86 bits per heavy atom. The van der Waals surface area contributed by atoms with Crippen LogP contribution in [0.2, 0.25) is 5.02 Å². The lowest BCUT2D eigenvalue weighted by Gasteiger charge is -2.30. The molecule has 0 saturated carbocycles. The van der Waals surface area contributed by atoms with Crippen LogP contribution in [0.3, 0.4) is 0 Å². The third-order valence-electron chi connectivity index (χ3n) is 5.94. The lowest BCUT2D eigenvalue weighted by Crippen LogP contribution is -2.38. The van der Waals surface area contributed by atoms with Crippen molar-refractivity contribution in [3.8, 4) is 0 Å². The SMILES string of the molecule is CC(=O)N1C[C@H]2CN(C(=O)Nc3cccc(Cl)c3)C[C@H]2[C@H]1c1ccccc1C. The van der Waals surface area contributed by atoms with Crippen molar-refractivity contribution in [1.29, 1.82) is 0 Å². The zero-order chi connectivity index (χ0) is 19.8. The van der Waals surface area contributed by atoms with Gasteiger partial charge in [-0.25, -0.2) is 4.79 Å². The molecule has 2 saturated heterocycles. The fourth-order valence-electron chi connectivity index (χ4n) is 4.62. The van der Waals surface area contributed by atoms with Crippen LogP contribution in [0.1, 0.15) is 24.1 Å². The molecular weight excluding hydrogens is 374 g/mol. The highest BCUT2D eigenvalue weighted by Crippen LogP contribution is 2.45. The van der Waals surface area contributed by atoms with Crippen LogP contribution in [0, 0.1) is 18.8 Å². The number of amides is 3. The Morgan fingerprint density at radius 3 is 2.57 bits per heavy atom. The van der Waals surface area contributed by atoms with E-state index in [-0.39, 0.29) is 23.9 Å². The van der Waals surface area contributed by atoms with Crippen molar-refractivity contribution in [2.24, 2.45) is 11.8 Å². The topological polar surface area (TPSA) is 52.7 Å². The van der Waals surface area contributed by atoms with E-state index in [2.05, 4.69) is 24.4 Å². The van der Waals surface area contributed by atoms with E-state index in [9.17, 15) is 9.59 Å². The van der Waals surface area contributed by atoms with Gasteiger partial charge in [-0.2, -0.15) is 0 Å². The number of carbonyl (C=O) groups is 2. The van der Waals surface area contributed by atoms with Crippen molar-refractivity contribution in [3.05, 3.63) is 64.7 Å². The summed E-state index contributed by atoms with van der Waals surface area (Å²) in [7, 11) is 0. The second-order valence-corrected chi connectivity index (χ2v) is 8.18. The molecule has 0 bridgehead atoms. The van der Waals surface area contributed by atoms with Crippen LogP contribution >= 0.6 is 11.6 Å². The quantitative estimate of drug-likeness (QED) is 0.819. The number of hydrogen-bond donors (Lipinski definition) is 1. The van der Waals surface area contributed by atoms with E-state index in [0.717, 1.165) is 0 Å². The first-order valence-corrected chi connectivity index (χ1v) is 9.96. The average molecular weight is 398 g/mol. The van der Waals surface area contributed by atoms with Crippen LogP contribution in [0.4, 0.5) is 10.5 Å². The summed E-state index contributed by atoms with van der Waals surface area (Å²) >= 11 is 6.01. The van der Waals surface area contributed by atoms with E-state index >= 15 is 0 Å². The lowest BCUT2D eigenvalue weighted by atomic mass is 9.87. The minimum atomic E-state index is -0.116. The molecule has 146 valence electrons. The van der Waals surface area contributed by atoms with Gasteiger partial charge in [-0.05, 0) is 36.2 Å². The van der Waals surface area contributed by atoms with Crippen LogP contribution in [0.15, 0.2) is 48.5 Å². The van der Waals surface area contributed by atoms with Gasteiger partial charge in [0.25, 0.3) is 0 Å². The van der Waals surface area contributed by atoms with Gasteiger partial charge in [0.1, 0.15) is 0 Å². The number of urea groups is 1. The number of carbonyl (C=O) groups excluding carboxylic acids is 2. The molecule has 5 nitrogen and oxygen atoms in total. The maximum atomic E-state index is 12.8. The molecule has 3 atom stereocenters. The molecule has 0 radical (unpaired) electrons. The standard InChI is InChI=1S/C22H24ClN3O2/c1-14-6-3-4-9-19(14)21-20-13-25(11-16(20)12-26(21)15(2)27)22(28)24-18-8-5-7-17(23)10-18/h3-10,16,20-21H,11-13H2,1-2H3,(H,24,28)/t16-,20-,21-/m1/s1. The summed E-state index contributed by atoms with van der Waals surface area (Å²) in [6.45, 7) is 5.71. The molecule has 2 aliphatic rings. The fourth-order valence-corrected chi connectivity index (χ4v) is 4.81. The summed E-state index contributed by atoms with van der Waals surface area (Å²) in [5.74, 6) is 0.631. The second kappa shape index (κ2) is 7.47. The van der Waals surface area contributed by atoms with Gasteiger partial charge >= 0.3 is 6.03 Å². The van der Waals surface area contributed by atoms with Crippen LogP contribution in [-0.4, -0.2) is 41.4 Å². The molecule has 0 unspecified atom stereocenters. The van der Waals surface area contributed by atoms with Gasteiger partial charge in [0.05, 0.1) is 6.04 Å². The summed E-state index contributed by atoms with van der Waals surface area (Å²) in [5.41, 5.74) is 3.05. The molecule has 28 heavy (non-hydrogen) atoms. The summed E-state index contributed by atoms with van der Waals surface area (Å²) in [4.78, 5) is 28.9.